The number of aromatic nitrogens is 1. The Kier molecular flexibility index (Phi) is 10.4. The van der Waals surface area contributed by atoms with Gasteiger partial charge in [0.1, 0.15) is 11.1 Å². The predicted molar refractivity (Wildman–Crippen MR) is 116 cm³/mol. The molecule has 158 valence electrons. The van der Waals surface area contributed by atoms with Crippen molar-refractivity contribution in [3.63, 3.8) is 0 Å². The van der Waals surface area contributed by atoms with Crippen LogP contribution in [-0.4, -0.2) is 42.1 Å². The fraction of sp³-hybridized carbons (Fsp3) is 0.714. The maximum absolute atomic E-state index is 12.4. The molecule has 0 spiro atoms. The summed E-state index contributed by atoms with van der Waals surface area (Å²) in [6.45, 7) is 8.20. The van der Waals surface area contributed by atoms with Crippen LogP contribution in [0.15, 0.2) is 17.2 Å². The van der Waals surface area contributed by atoms with E-state index in [1.165, 1.54) is 24.6 Å². The highest BCUT2D eigenvalue weighted by Crippen LogP contribution is 2.35. The van der Waals surface area contributed by atoms with Gasteiger partial charge in [0.25, 0.3) is 0 Å². The van der Waals surface area contributed by atoms with Crippen molar-refractivity contribution in [1.82, 2.24) is 4.98 Å². The summed E-state index contributed by atoms with van der Waals surface area (Å²) in [7, 11) is 0. The second-order valence-corrected chi connectivity index (χ2v) is 9.07. The molecule has 0 bridgehead atoms. The third-order valence-corrected chi connectivity index (χ3v) is 6.69. The number of rotatable bonds is 11. The molecule has 1 N–H and O–H groups in total. The van der Waals surface area contributed by atoms with Gasteiger partial charge in [0, 0.05) is 30.3 Å². The van der Waals surface area contributed by atoms with Gasteiger partial charge in [-0.05, 0) is 38.2 Å². The lowest BCUT2D eigenvalue weighted by atomic mass is 10.0. The average molecular weight is 429 g/mol. The van der Waals surface area contributed by atoms with Gasteiger partial charge in [0.15, 0.2) is 0 Å². The van der Waals surface area contributed by atoms with Crippen LogP contribution < -0.4 is 5.32 Å². The Bertz CT molecular complexity index is 611. The number of nitrogens with one attached hydrogen (secondary N) is 1. The van der Waals surface area contributed by atoms with Crippen LogP contribution in [0.4, 0.5) is 5.82 Å². The SMILES string of the molecule is CCCCC(CC)COC(=O)C(C)Sc1ccnc(NC2CCOCC2)c1Cl. The van der Waals surface area contributed by atoms with Crippen LogP contribution in [-0.2, 0) is 14.3 Å². The molecule has 0 radical (unpaired) electrons. The van der Waals surface area contributed by atoms with Crippen molar-refractivity contribution in [1.29, 1.82) is 0 Å². The number of pyridine rings is 1. The van der Waals surface area contributed by atoms with E-state index in [0.29, 0.717) is 29.4 Å². The molecule has 7 heteroatoms. The molecule has 1 aromatic rings. The van der Waals surface area contributed by atoms with Gasteiger partial charge >= 0.3 is 5.97 Å². The summed E-state index contributed by atoms with van der Waals surface area (Å²) < 4.78 is 11.0. The molecule has 1 fully saturated rings. The molecule has 1 aliphatic rings. The molecule has 0 aromatic carbocycles. The monoisotopic (exact) mass is 428 g/mol. The van der Waals surface area contributed by atoms with Gasteiger partial charge in [-0.3, -0.25) is 4.79 Å². The summed E-state index contributed by atoms with van der Waals surface area (Å²) >= 11 is 7.98. The topological polar surface area (TPSA) is 60.5 Å². The Morgan fingerprint density at radius 3 is 2.86 bits per heavy atom. The zero-order chi connectivity index (χ0) is 20.4. The van der Waals surface area contributed by atoms with Crippen molar-refractivity contribution < 1.29 is 14.3 Å². The van der Waals surface area contributed by atoms with E-state index in [4.69, 9.17) is 21.1 Å². The second kappa shape index (κ2) is 12.6. The average Bonchev–Trinajstić information content (AvgIpc) is 2.71. The van der Waals surface area contributed by atoms with E-state index in [9.17, 15) is 4.79 Å². The number of carbonyl (C=O) groups excluding carboxylic acids is 1. The van der Waals surface area contributed by atoms with Crippen molar-refractivity contribution in [3.8, 4) is 0 Å². The predicted octanol–water partition coefficient (Wildman–Crippen LogP) is 5.57. The van der Waals surface area contributed by atoms with Crippen LogP contribution in [0.5, 0.6) is 0 Å². The van der Waals surface area contributed by atoms with Gasteiger partial charge in [-0.25, -0.2) is 4.98 Å². The third-order valence-electron chi connectivity index (χ3n) is 5.06. The van der Waals surface area contributed by atoms with E-state index < -0.39 is 0 Å². The van der Waals surface area contributed by atoms with E-state index in [0.717, 1.165) is 43.8 Å². The van der Waals surface area contributed by atoms with Gasteiger partial charge in [0.05, 0.1) is 11.6 Å². The molecule has 0 amide bonds. The summed E-state index contributed by atoms with van der Waals surface area (Å²) in [4.78, 5) is 17.6. The molecule has 2 heterocycles. The largest absolute Gasteiger partial charge is 0.465 e. The summed E-state index contributed by atoms with van der Waals surface area (Å²) in [6, 6.07) is 2.16. The van der Waals surface area contributed by atoms with E-state index in [-0.39, 0.29) is 11.2 Å². The number of thioether (sulfide) groups is 1. The number of unbranched alkanes of at least 4 members (excludes halogenated alkanes) is 1. The van der Waals surface area contributed by atoms with Crippen LogP contribution in [0.25, 0.3) is 0 Å². The number of hydrogen-bond donors (Lipinski definition) is 1. The van der Waals surface area contributed by atoms with E-state index >= 15 is 0 Å². The van der Waals surface area contributed by atoms with Crippen LogP contribution in [0.1, 0.15) is 59.3 Å². The molecule has 1 aromatic heterocycles. The maximum atomic E-state index is 12.4. The maximum Gasteiger partial charge on any atom is 0.319 e. The summed E-state index contributed by atoms with van der Waals surface area (Å²) in [5.41, 5.74) is 0. The Morgan fingerprint density at radius 2 is 2.18 bits per heavy atom. The number of nitrogens with zero attached hydrogens (tertiary/aromatic N) is 1. The first-order valence-electron chi connectivity index (χ1n) is 10.4. The van der Waals surface area contributed by atoms with E-state index in [2.05, 4.69) is 24.1 Å². The van der Waals surface area contributed by atoms with Gasteiger partial charge in [-0.2, -0.15) is 0 Å². The van der Waals surface area contributed by atoms with Gasteiger partial charge < -0.3 is 14.8 Å². The minimum Gasteiger partial charge on any atom is -0.465 e. The number of ether oxygens (including phenoxy) is 2. The number of anilines is 1. The Labute approximate surface area is 178 Å². The molecular weight excluding hydrogens is 396 g/mol. The van der Waals surface area contributed by atoms with E-state index in [1.807, 2.05) is 13.0 Å². The lowest BCUT2D eigenvalue weighted by molar-refractivity contribution is -0.144. The fourth-order valence-electron chi connectivity index (χ4n) is 3.11. The molecule has 5 nitrogen and oxygen atoms in total. The van der Waals surface area contributed by atoms with Gasteiger partial charge in [0.2, 0.25) is 0 Å². The van der Waals surface area contributed by atoms with Gasteiger partial charge in [-0.1, -0.05) is 44.7 Å². The standard InChI is InChI=1S/C21H33ClN2O3S/c1-4-6-7-16(5-2)14-27-21(25)15(3)28-18-8-11-23-20(19(18)22)24-17-9-12-26-13-10-17/h8,11,15-17H,4-7,9-10,12-14H2,1-3H3,(H,23,24). The van der Waals surface area contributed by atoms with Crippen LogP contribution in [0.2, 0.25) is 5.02 Å². The lowest BCUT2D eigenvalue weighted by Crippen LogP contribution is -2.28. The first-order valence-corrected chi connectivity index (χ1v) is 11.6. The summed E-state index contributed by atoms with van der Waals surface area (Å²) in [6.07, 6.45) is 8.10. The molecule has 1 aliphatic heterocycles. The molecule has 28 heavy (non-hydrogen) atoms. The van der Waals surface area contributed by atoms with Crippen molar-refractivity contribution in [2.75, 3.05) is 25.1 Å². The normalized spacial score (nSPS) is 17.1. The van der Waals surface area contributed by atoms with E-state index in [1.54, 1.807) is 6.20 Å². The van der Waals surface area contributed by atoms with Gasteiger partial charge in [-0.15, -0.1) is 11.8 Å². The highest BCUT2D eigenvalue weighted by atomic mass is 35.5. The summed E-state index contributed by atoms with van der Waals surface area (Å²) in [5.74, 6) is 0.928. The highest BCUT2D eigenvalue weighted by Gasteiger charge is 2.21. The number of carbonyl (C=O) groups is 1. The van der Waals surface area contributed by atoms with Crippen molar-refractivity contribution in [2.45, 2.75) is 75.5 Å². The molecule has 0 aliphatic carbocycles. The van der Waals surface area contributed by atoms with Crippen molar-refractivity contribution >= 4 is 35.1 Å². The molecule has 1 saturated heterocycles. The Balaban J connectivity index is 1.89. The number of halogens is 1. The first-order chi connectivity index (χ1) is 13.5. The Hall–Kier alpha value is -0.980. The zero-order valence-corrected chi connectivity index (χ0v) is 18.8. The number of esters is 1. The fourth-order valence-corrected chi connectivity index (χ4v) is 4.29. The smallest absolute Gasteiger partial charge is 0.319 e. The van der Waals surface area contributed by atoms with Crippen molar-refractivity contribution in [2.24, 2.45) is 5.92 Å². The van der Waals surface area contributed by atoms with Crippen LogP contribution >= 0.6 is 23.4 Å². The first kappa shape index (κ1) is 23.3. The molecule has 2 rings (SSSR count). The lowest BCUT2D eigenvalue weighted by Gasteiger charge is -2.24. The summed E-state index contributed by atoms with van der Waals surface area (Å²) in [5, 5.41) is 3.65. The quantitative estimate of drug-likeness (QED) is 0.367. The molecule has 0 saturated carbocycles. The minimum atomic E-state index is -0.320. The zero-order valence-electron chi connectivity index (χ0n) is 17.2. The molecule has 2 unspecified atom stereocenters. The number of hydrogen-bond acceptors (Lipinski definition) is 6. The molecule has 2 atom stereocenters. The molecular formula is C21H33ClN2O3S. The second-order valence-electron chi connectivity index (χ2n) is 7.31. The minimum absolute atomic E-state index is 0.188. The highest BCUT2D eigenvalue weighted by molar-refractivity contribution is 8.00. The van der Waals surface area contributed by atoms with Crippen molar-refractivity contribution in [3.05, 3.63) is 17.3 Å². The Morgan fingerprint density at radius 1 is 1.43 bits per heavy atom. The third kappa shape index (κ3) is 7.45. The van der Waals surface area contributed by atoms with Crippen LogP contribution in [0, 0.1) is 5.92 Å². The van der Waals surface area contributed by atoms with Crippen LogP contribution in [0.3, 0.4) is 0 Å².